The van der Waals surface area contributed by atoms with Crippen LogP contribution in [-0.2, 0) is 30.8 Å². The maximum Gasteiger partial charge on any atom is 0.417 e. The number of pyridine rings is 1. The number of rotatable bonds is 8. The van der Waals surface area contributed by atoms with Crippen LogP contribution in [-0.4, -0.2) is 45.8 Å². The molecular formula is C45H34Cl2F3N5O6. The SMILES string of the molecule is COc1cc(C2C3=CCC4C(=O)N(c5ccc(Nc6ccccc6)cc5)C(=O)C4C3CC3C(=O)N(Nc4ncc(C(F)(F)F)cc4Cl)C(=O)C32c2ccc(Cl)cc2)ccc1O. The van der Waals surface area contributed by atoms with Crippen LogP contribution in [0.3, 0.4) is 0 Å². The van der Waals surface area contributed by atoms with Gasteiger partial charge in [0.15, 0.2) is 17.3 Å². The van der Waals surface area contributed by atoms with Gasteiger partial charge in [-0.2, -0.15) is 18.2 Å². The predicted molar refractivity (Wildman–Crippen MR) is 220 cm³/mol. The minimum atomic E-state index is -4.76. The molecule has 2 aliphatic heterocycles. The summed E-state index contributed by atoms with van der Waals surface area (Å²) in [6.07, 6.45) is -2.28. The lowest BCUT2D eigenvalue weighted by molar-refractivity contribution is -0.139. The van der Waals surface area contributed by atoms with Crippen LogP contribution in [0.1, 0.15) is 35.4 Å². The monoisotopic (exact) mass is 867 g/mol. The summed E-state index contributed by atoms with van der Waals surface area (Å²) < 4.78 is 46.2. The first kappa shape index (κ1) is 40.0. The number of aromatic nitrogens is 1. The number of allylic oxidation sites excluding steroid dienone is 2. The number of alkyl halides is 3. The van der Waals surface area contributed by atoms with Crippen LogP contribution in [0.25, 0.3) is 0 Å². The van der Waals surface area contributed by atoms with Crippen LogP contribution in [0.15, 0.2) is 121 Å². The average molecular weight is 869 g/mol. The number of carbonyl (C=O) groups is 4. The van der Waals surface area contributed by atoms with Crippen molar-refractivity contribution < 1.29 is 42.2 Å². The number of hydrogen-bond acceptors (Lipinski definition) is 9. The molecule has 61 heavy (non-hydrogen) atoms. The molecule has 4 aliphatic rings. The molecule has 9 rings (SSSR count). The number of halogens is 5. The topological polar surface area (TPSA) is 141 Å². The summed E-state index contributed by atoms with van der Waals surface area (Å²) in [5.41, 5.74) is 3.15. The van der Waals surface area contributed by atoms with Gasteiger partial charge in [-0.3, -0.25) is 29.5 Å². The van der Waals surface area contributed by atoms with E-state index in [9.17, 15) is 32.7 Å². The third kappa shape index (κ3) is 6.47. The third-order valence-electron chi connectivity index (χ3n) is 12.3. The molecule has 4 aromatic carbocycles. The Bertz CT molecular complexity index is 2650. The summed E-state index contributed by atoms with van der Waals surface area (Å²) in [4.78, 5) is 64.4. The number of imide groups is 2. The maximum absolute atomic E-state index is 15.4. The van der Waals surface area contributed by atoms with Gasteiger partial charge in [0, 0.05) is 28.5 Å². The van der Waals surface area contributed by atoms with Crippen molar-refractivity contribution in [1.82, 2.24) is 9.99 Å². The Morgan fingerprint density at radius 1 is 0.852 bits per heavy atom. The number of carbonyl (C=O) groups excluding carboxylic acids is 4. The van der Waals surface area contributed by atoms with E-state index in [-0.39, 0.29) is 30.2 Å². The minimum absolute atomic E-state index is 0.0644. The highest BCUT2D eigenvalue weighted by Gasteiger charge is 2.70. The second-order valence-electron chi connectivity index (χ2n) is 15.4. The molecule has 1 saturated carbocycles. The number of benzene rings is 4. The van der Waals surface area contributed by atoms with Crippen LogP contribution in [0.2, 0.25) is 10.0 Å². The zero-order valence-electron chi connectivity index (χ0n) is 32.0. The van der Waals surface area contributed by atoms with E-state index in [4.69, 9.17) is 27.9 Å². The Labute approximate surface area is 356 Å². The first-order valence-corrected chi connectivity index (χ1v) is 20.0. The van der Waals surface area contributed by atoms with Crippen LogP contribution in [0.4, 0.5) is 36.1 Å². The molecule has 5 aromatic rings. The maximum atomic E-state index is 15.4. The second-order valence-corrected chi connectivity index (χ2v) is 16.2. The molecule has 3 fully saturated rings. The number of aromatic hydroxyl groups is 1. The fraction of sp³-hybridized carbons (Fsp3) is 0.222. The molecule has 6 atom stereocenters. The molecule has 1 aromatic heterocycles. The van der Waals surface area contributed by atoms with Crippen molar-refractivity contribution in [3.05, 3.63) is 148 Å². The Morgan fingerprint density at radius 2 is 1.56 bits per heavy atom. The Hall–Kier alpha value is -6.38. The fourth-order valence-corrected chi connectivity index (χ4v) is 10.0. The van der Waals surface area contributed by atoms with Crippen LogP contribution in [0, 0.1) is 23.7 Å². The van der Waals surface area contributed by atoms with Crippen LogP contribution < -0.4 is 20.4 Å². The molecule has 6 unspecified atom stereocenters. The normalized spacial score (nSPS) is 24.6. The molecular weight excluding hydrogens is 834 g/mol. The summed E-state index contributed by atoms with van der Waals surface area (Å²) in [6, 6.07) is 28.0. The quantitative estimate of drug-likeness (QED) is 0.103. The van der Waals surface area contributed by atoms with Gasteiger partial charge in [0.05, 0.1) is 46.6 Å². The minimum Gasteiger partial charge on any atom is -0.504 e. The van der Waals surface area contributed by atoms with E-state index in [1.165, 1.54) is 18.1 Å². The highest BCUT2D eigenvalue weighted by atomic mass is 35.5. The van der Waals surface area contributed by atoms with E-state index in [0.29, 0.717) is 39.7 Å². The fourth-order valence-electron chi connectivity index (χ4n) is 9.67. The molecule has 310 valence electrons. The Kier molecular flexibility index (Phi) is 9.82. The number of anilines is 4. The number of fused-ring (bicyclic) bond motifs is 4. The standard InChI is InChI=1S/C45H34Cl2F3N5O6/c1-61-36-19-23(7-18-35(36)56)38-30-16-17-31-37(42(59)54(40(31)57)29-14-12-28(13-15-29)52-27-5-3-2-4-6-27)32(30)21-33-41(58)55(43(60)44(33,38)24-8-10-26(46)11-9-24)53-39-34(47)20-25(22-51-39)45(48,49)50/h2-16,18-20,22,31-33,37-38,52,56H,17,21H2,1H3,(H,51,53). The molecule has 0 radical (unpaired) electrons. The van der Waals surface area contributed by atoms with Gasteiger partial charge in [0.2, 0.25) is 11.8 Å². The van der Waals surface area contributed by atoms with Crippen LogP contribution >= 0.6 is 23.2 Å². The summed E-state index contributed by atoms with van der Waals surface area (Å²) in [6.45, 7) is 0. The van der Waals surface area contributed by atoms with E-state index in [2.05, 4.69) is 15.7 Å². The van der Waals surface area contributed by atoms with Crippen molar-refractivity contribution in [1.29, 1.82) is 0 Å². The van der Waals surface area contributed by atoms with E-state index >= 15 is 4.79 Å². The third-order valence-corrected chi connectivity index (χ3v) is 12.8. The smallest absolute Gasteiger partial charge is 0.417 e. The highest BCUT2D eigenvalue weighted by molar-refractivity contribution is 6.33. The van der Waals surface area contributed by atoms with E-state index in [0.717, 1.165) is 16.4 Å². The lowest BCUT2D eigenvalue weighted by atomic mass is 9.49. The van der Waals surface area contributed by atoms with Gasteiger partial charge in [-0.25, -0.2) is 4.98 Å². The van der Waals surface area contributed by atoms with Crippen LogP contribution in [0.5, 0.6) is 11.5 Å². The summed E-state index contributed by atoms with van der Waals surface area (Å²) in [7, 11) is 1.36. The molecule has 16 heteroatoms. The lowest BCUT2D eigenvalue weighted by Crippen LogP contribution is -2.53. The van der Waals surface area contributed by atoms with Crippen molar-refractivity contribution in [2.24, 2.45) is 23.7 Å². The zero-order valence-corrected chi connectivity index (χ0v) is 33.5. The number of methoxy groups -OCH3 is 1. The number of ether oxygens (including phenoxy) is 1. The number of phenols is 1. The van der Waals surface area contributed by atoms with Crippen molar-refractivity contribution in [2.75, 3.05) is 22.8 Å². The van der Waals surface area contributed by atoms with Crippen molar-refractivity contribution in [3.8, 4) is 11.5 Å². The summed E-state index contributed by atoms with van der Waals surface area (Å²) >= 11 is 12.7. The first-order valence-electron chi connectivity index (χ1n) is 19.2. The molecule has 2 saturated heterocycles. The molecule has 11 nitrogen and oxygen atoms in total. The molecule has 0 bridgehead atoms. The number of hydrogen-bond donors (Lipinski definition) is 3. The summed E-state index contributed by atoms with van der Waals surface area (Å²) in [5, 5.41) is 14.6. The largest absolute Gasteiger partial charge is 0.504 e. The van der Waals surface area contributed by atoms with Crippen molar-refractivity contribution in [2.45, 2.75) is 30.4 Å². The van der Waals surface area contributed by atoms with Crippen molar-refractivity contribution in [3.63, 3.8) is 0 Å². The average Bonchev–Trinajstić information content (AvgIpc) is 3.62. The molecule has 3 N–H and O–H groups in total. The lowest BCUT2D eigenvalue weighted by Gasteiger charge is -2.50. The highest BCUT2D eigenvalue weighted by Crippen LogP contribution is 2.64. The second kappa shape index (κ2) is 15.0. The molecule has 0 spiro atoms. The first-order chi connectivity index (χ1) is 29.2. The predicted octanol–water partition coefficient (Wildman–Crippen LogP) is 9.05. The Balaban J connectivity index is 1.16. The number of hydrazine groups is 1. The van der Waals surface area contributed by atoms with Crippen molar-refractivity contribution >= 4 is 69.7 Å². The van der Waals surface area contributed by atoms with E-state index in [1.807, 2.05) is 36.4 Å². The molecule has 4 amide bonds. The number of nitrogens with one attached hydrogen (secondary N) is 2. The van der Waals surface area contributed by atoms with Gasteiger partial charge in [-0.05, 0) is 96.6 Å². The zero-order chi connectivity index (χ0) is 43.0. The van der Waals surface area contributed by atoms with Gasteiger partial charge in [0.25, 0.3) is 11.8 Å². The van der Waals surface area contributed by atoms with Gasteiger partial charge in [-0.15, -0.1) is 0 Å². The Morgan fingerprint density at radius 3 is 2.23 bits per heavy atom. The van der Waals surface area contributed by atoms with Gasteiger partial charge >= 0.3 is 6.18 Å². The number of nitrogens with zero attached hydrogens (tertiary/aromatic N) is 3. The number of amides is 4. The number of para-hydroxylation sites is 1. The van der Waals surface area contributed by atoms with Gasteiger partial charge in [0.1, 0.15) is 0 Å². The van der Waals surface area contributed by atoms with Gasteiger partial charge in [-0.1, -0.05) is 71.2 Å². The van der Waals surface area contributed by atoms with Gasteiger partial charge < -0.3 is 15.2 Å². The van der Waals surface area contributed by atoms with E-state index < -0.39 is 75.4 Å². The summed E-state index contributed by atoms with van der Waals surface area (Å²) in [5.74, 6) is -7.54. The molecule has 3 heterocycles. The van der Waals surface area contributed by atoms with E-state index in [1.54, 1.807) is 60.7 Å². The number of phenolic OH excluding ortho intramolecular Hbond substituents is 1. The molecule has 2 aliphatic carbocycles.